The van der Waals surface area contributed by atoms with Crippen LogP contribution in [0.1, 0.15) is 12.8 Å². The van der Waals surface area contributed by atoms with Gasteiger partial charge in [-0.15, -0.1) is 0 Å². The zero-order chi connectivity index (χ0) is 12.2. The van der Waals surface area contributed by atoms with E-state index >= 15 is 0 Å². The SMILES string of the molecule is COCC(CN)N1CCC(C(F)(F)F)CC1. The van der Waals surface area contributed by atoms with Crippen LogP contribution in [0.4, 0.5) is 13.2 Å². The molecule has 0 aromatic rings. The third-order valence-electron chi connectivity index (χ3n) is 3.14. The molecule has 16 heavy (non-hydrogen) atoms. The number of alkyl halides is 3. The van der Waals surface area contributed by atoms with Crippen LogP contribution < -0.4 is 5.73 Å². The molecule has 1 aliphatic heterocycles. The van der Waals surface area contributed by atoms with E-state index in [2.05, 4.69) is 0 Å². The van der Waals surface area contributed by atoms with E-state index in [1.165, 1.54) is 0 Å². The van der Waals surface area contributed by atoms with E-state index in [-0.39, 0.29) is 18.9 Å². The van der Waals surface area contributed by atoms with Gasteiger partial charge in [-0.25, -0.2) is 0 Å². The van der Waals surface area contributed by atoms with Crippen molar-refractivity contribution in [3.8, 4) is 0 Å². The van der Waals surface area contributed by atoms with E-state index in [4.69, 9.17) is 10.5 Å². The topological polar surface area (TPSA) is 38.5 Å². The number of hydrogen-bond donors (Lipinski definition) is 1. The number of halogens is 3. The Bertz CT molecular complexity index is 203. The first-order valence-electron chi connectivity index (χ1n) is 5.48. The lowest BCUT2D eigenvalue weighted by atomic mass is 9.95. The van der Waals surface area contributed by atoms with E-state index in [0.29, 0.717) is 26.2 Å². The largest absolute Gasteiger partial charge is 0.391 e. The summed E-state index contributed by atoms with van der Waals surface area (Å²) in [5.41, 5.74) is 5.57. The number of likely N-dealkylation sites (tertiary alicyclic amines) is 1. The maximum atomic E-state index is 12.4. The molecule has 0 spiro atoms. The summed E-state index contributed by atoms with van der Waals surface area (Å²) in [5.74, 6) is -1.15. The molecule has 1 unspecified atom stereocenters. The fourth-order valence-corrected chi connectivity index (χ4v) is 2.11. The molecule has 0 bridgehead atoms. The summed E-state index contributed by atoms with van der Waals surface area (Å²) in [5, 5.41) is 0. The zero-order valence-electron chi connectivity index (χ0n) is 9.46. The zero-order valence-corrected chi connectivity index (χ0v) is 9.46. The van der Waals surface area contributed by atoms with Crippen molar-refractivity contribution in [1.82, 2.24) is 4.90 Å². The van der Waals surface area contributed by atoms with Gasteiger partial charge in [-0.2, -0.15) is 13.2 Å². The predicted octanol–water partition coefficient (Wildman–Crippen LogP) is 1.23. The summed E-state index contributed by atoms with van der Waals surface area (Å²) < 4.78 is 42.3. The lowest BCUT2D eigenvalue weighted by molar-refractivity contribution is -0.186. The van der Waals surface area contributed by atoms with Gasteiger partial charge >= 0.3 is 6.18 Å². The summed E-state index contributed by atoms with van der Waals surface area (Å²) in [7, 11) is 1.57. The lowest BCUT2D eigenvalue weighted by Crippen LogP contribution is -2.49. The predicted molar refractivity (Wildman–Crippen MR) is 55.1 cm³/mol. The Morgan fingerprint density at radius 2 is 1.94 bits per heavy atom. The van der Waals surface area contributed by atoms with Gasteiger partial charge in [-0.1, -0.05) is 0 Å². The second kappa shape index (κ2) is 5.84. The van der Waals surface area contributed by atoms with Crippen LogP contribution in [0.25, 0.3) is 0 Å². The van der Waals surface area contributed by atoms with Gasteiger partial charge < -0.3 is 10.5 Å². The minimum atomic E-state index is -4.05. The summed E-state index contributed by atoms with van der Waals surface area (Å²) in [6, 6.07) is 0.0409. The first-order valence-corrected chi connectivity index (χ1v) is 5.48. The maximum absolute atomic E-state index is 12.4. The number of piperidine rings is 1. The monoisotopic (exact) mass is 240 g/mol. The molecular formula is C10H19F3N2O. The quantitative estimate of drug-likeness (QED) is 0.803. The highest BCUT2D eigenvalue weighted by Gasteiger charge is 2.41. The van der Waals surface area contributed by atoms with Crippen LogP contribution in [-0.4, -0.2) is 50.5 Å². The van der Waals surface area contributed by atoms with E-state index in [0.717, 1.165) is 0 Å². The Hall–Kier alpha value is -0.330. The van der Waals surface area contributed by atoms with Crippen LogP contribution in [0.5, 0.6) is 0 Å². The van der Waals surface area contributed by atoms with Crippen molar-refractivity contribution in [1.29, 1.82) is 0 Å². The van der Waals surface area contributed by atoms with Crippen molar-refractivity contribution < 1.29 is 17.9 Å². The number of hydrogen-bond acceptors (Lipinski definition) is 3. The Morgan fingerprint density at radius 1 is 1.38 bits per heavy atom. The van der Waals surface area contributed by atoms with Crippen LogP contribution in [0.2, 0.25) is 0 Å². The van der Waals surface area contributed by atoms with E-state index in [1.54, 1.807) is 7.11 Å². The average molecular weight is 240 g/mol. The van der Waals surface area contributed by atoms with Gasteiger partial charge in [0.05, 0.1) is 12.5 Å². The normalized spacial score (nSPS) is 22.3. The lowest BCUT2D eigenvalue weighted by Gasteiger charge is -2.37. The molecule has 1 aliphatic rings. The molecule has 1 atom stereocenters. The number of methoxy groups -OCH3 is 1. The highest BCUT2D eigenvalue weighted by Crippen LogP contribution is 2.34. The molecule has 0 aromatic carbocycles. The summed E-state index contributed by atoms with van der Waals surface area (Å²) in [6.45, 7) is 1.81. The second-order valence-electron chi connectivity index (χ2n) is 4.20. The molecule has 2 N–H and O–H groups in total. The Labute approximate surface area is 93.7 Å². The van der Waals surface area contributed by atoms with Gasteiger partial charge in [-0.05, 0) is 25.9 Å². The second-order valence-corrected chi connectivity index (χ2v) is 4.20. The van der Waals surface area contributed by atoms with Gasteiger partial charge in [-0.3, -0.25) is 4.90 Å². The van der Waals surface area contributed by atoms with E-state index in [1.807, 2.05) is 4.90 Å². The number of nitrogens with zero attached hydrogens (tertiary/aromatic N) is 1. The van der Waals surface area contributed by atoms with Crippen molar-refractivity contribution in [2.24, 2.45) is 11.7 Å². The summed E-state index contributed by atoms with van der Waals surface area (Å²) in [6.07, 6.45) is -3.71. The fourth-order valence-electron chi connectivity index (χ4n) is 2.11. The molecule has 0 aliphatic carbocycles. The van der Waals surface area contributed by atoms with Crippen LogP contribution in [0, 0.1) is 5.92 Å². The van der Waals surface area contributed by atoms with Gasteiger partial charge in [0.1, 0.15) is 0 Å². The first-order chi connectivity index (χ1) is 7.49. The third-order valence-corrected chi connectivity index (χ3v) is 3.14. The molecular weight excluding hydrogens is 221 g/mol. The van der Waals surface area contributed by atoms with Gasteiger partial charge in [0.15, 0.2) is 0 Å². The highest BCUT2D eigenvalue weighted by molar-refractivity contribution is 4.81. The molecule has 0 saturated carbocycles. The molecule has 1 heterocycles. The maximum Gasteiger partial charge on any atom is 0.391 e. The smallest absolute Gasteiger partial charge is 0.383 e. The molecule has 0 radical (unpaired) electrons. The van der Waals surface area contributed by atoms with Crippen LogP contribution in [0.3, 0.4) is 0 Å². The van der Waals surface area contributed by atoms with Gasteiger partial charge in [0.2, 0.25) is 0 Å². The minimum Gasteiger partial charge on any atom is -0.383 e. The van der Waals surface area contributed by atoms with Crippen molar-refractivity contribution in [2.75, 3.05) is 33.4 Å². The van der Waals surface area contributed by atoms with Gasteiger partial charge in [0.25, 0.3) is 0 Å². The average Bonchev–Trinajstić information content (AvgIpc) is 2.25. The Kier molecular flexibility index (Phi) is 5.01. The highest BCUT2D eigenvalue weighted by atomic mass is 19.4. The van der Waals surface area contributed by atoms with Gasteiger partial charge in [0, 0.05) is 19.7 Å². The Balaban J connectivity index is 2.41. The molecule has 96 valence electrons. The van der Waals surface area contributed by atoms with Crippen molar-refractivity contribution >= 4 is 0 Å². The fraction of sp³-hybridized carbons (Fsp3) is 1.00. The summed E-state index contributed by atoms with van der Waals surface area (Å²) >= 11 is 0. The minimum absolute atomic E-state index is 0.0409. The van der Waals surface area contributed by atoms with Crippen molar-refractivity contribution in [3.63, 3.8) is 0 Å². The molecule has 0 aromatic heterocycles. The Morgan fingerprint density at radius 3 is 2.31 bits per heavy atom. The van der Waals surface area contributed by atoms with Crippen LogP contribution in [-0.2, 0) is 4.74 Å². The summed E-state index contributed by atoms with van der Waals surface area (Å²) in [4.78, 5) is 1.99. The standard InChI is InChI=1S/C10H19F3N2O/c1-16-7-9(6-14)15-4-2-8(3-5-15)10(11,12)13/h8-9H,2-7,14H2,1H3. The molecule has 0 amide bonds. The number of nitrogens with two attached hydrogens (primary N) is 1. The third kappa shape index (κ3) is 3.61. The molecule has 1 saturated heterocycles. The van der Waals surface area contributed by atoms with Crippen molar-refractivity contribution in [3.05, 3.63) is 0 Å². The molecule has 3 nitrogen and oxygen atoms in total. The first kappa shape index (κ1) is 13.7. The van der Waals surface area contributed by atoms with Crippen molar-refractivity contribution in [2.45, 2.75) is 25.1 Å². The van der Waals surface area contributed by atoms with Crippen LogP contribution >= 0.6 is 0 Å². The molecule has 1 rings (SSSR count). The number of ether oxygens (including phenoxy) is 1. The van der Waals surface area contributed by atoms with E-state index in [9.17, 15) is 13.2 Å². The molecule has 1 fully saturated rings. The van der Waals surface area contributed by atoms with E-state index < -0.39 is 12.1 Å². The molecule has 6 heteroatoms. The van der Waals surface area contributed by atoms with Crippen LogP contribution in [0.15, 0.2) is 0 Å². The number of rotatable bonds is 4.